The molecule has 1 unspecified atom stereocenters. The summed E-state index contributed by atoms with van der Waals surface area (Å²) < 4.78 is 6.01. The second-order valence-electron chi connectivity index (χ2n) is 5.40. The summed E-state index contributed by atoms with van der Waals surface area (Å²) >= 11 is 5.77. The van der Waals surface area contributed by atoms with Gasteiger partial charge in [0.15, 0.2) is 6.42 Å². The molecule has 2 nitrogen and oxygen atoms in total. The number of hydrogen-bond acceptors (Lipinski definition) is 2. The summed E-state index contributed by atoms with van der Waals surface area (Å²) in [6.45, 7) is 10.4. The third-order valence-electron chi connectivity index (χ3n) is 1.94. The number of nitrogens with one attached hydrogen (secondary N) is 1. The van der Waals surface area contributed by atoms with Crippen LogP contribution >= 0.6 is 6.42 Å². The van der Waals surface area contributed by atoms with E-state index in [1.807, 2.05) is 44.2 Å². The van der Waals surface area contributed by atoms with Crippen LogP contribution in [-0.4, -0.2) is 11.6 Å². The summed E-state index contributed by atoms with van der Waals surface area (Å²) in [6.07, 6.45) is -2.04. The first-order chi connectivity index (χ1) is 7.73. The lowest BCUT2D eigenvalue weighted by molar-refractivity contribution is 0.263. The molecule has 0 saturated carbocycles. The Bertz CT molecular complexity index is 398. The van der Waals surface area contributed by atoms with Crippen molar-refractivity contribution in [3.63, 3.8) is 0 Å². The molecule has 0 aromatic heterocycles. The molecular weight excluding hydrogens is 249 g/mol. The van der Waals surface area contributed by atoms with Gasteiger partial charge in [-0.15, -0.1) is 0 Å². The summed E-state index contributed by atoms with van der Waals surface area (Å²) in [6, 6.07) is 10.1. The Morgan fingerprint density at radius 1 is 1.18 bits per heavy atom. The van der Waals surface area contributed by atoms with Crippen LogP contribution in [-0.2, 0) is 16.3 Å². The van der Waals surface area contributed by atoms with Gasteiger partial charge in [-0.25, -0.2) is 0 Å². The molecule has 1 atom stereocenters. The molecule has 4 heteroatoms. The topological polar surface area (TPSA) is 21.3 Å². The van der Waals surface area contributed by atoms with Crippen molar-refractivity contribution in [1.29, 1.82) is 0 Å². The first kappa shape index (κ1) is 14.8. The normalized spacial score (nSPS) is 15.9. The second-order valence-corrected chi connectivity index (χ2v) is 9.00. The van der Waals surface area contributed by atoms with E-state index in [0.29, 0.717) is 0 Å². The van der Waals surface area contributed by atoms with Crippen molar-refractivity contribution in [1.82, 2.24) is 5.09 Å². The maximum absolute atomic E-state index is 6.01. The van der Waals surface area contributed by atoms with E-state index in [-0.39, 0.29) is 11.6 Å². The summed E-state index contributed by atoms with van der Waals surface area (Å²) in [5.74, 6) is 0. The van der Waals surface area contributed by atoms with Crippen LogP contribution in [0.15, 0.2) is 30.3 Å². The van der Waals surface area contributed by atoms with E-state index in [0.717, 1.165) is 5.30 Å². The van der Waals surface area contributed by atoms with Gasteiger partial charge < -0.3 is 4.52 Å². The zero-order valence-electron chi connectivity index (χ0n) is 11.2. The first-order valence-electron chi connectivity index (χ1n) is 5.86. The van der Waals surface area contributed by atoms with E-state index in [1.54, 1.807) is 0 Å². The zero-order valence-corrected chi connectivity index (χ0v) is 12.9. The van der Waals surface area contributed by atoms with Gasteiger partial charge in [-0.05, 0) is 46.4 Å². The van der Waals surface area contributed by atoms with Crippen LogP contribution in [0.3, 0.4) is 0 Å². The number of benzene rings is 1. The maximum atomic E-state index is 6.01. The van der Waals surface area contributed by atoms with Crippen LogP contribution < -0.4 is 10.4 Å². The quantitative estimate of drug-likeness (QED) is 0.848. The highest BCUT2D eigenvalue weighted by atomic mass is 32.4. The molecule has 0 spiro atoms. The fourth-order valence-corrected chi connectivity index (χ4v) is 5.56. The Balaban J connectivity index is 3.07. The predicted octanol–water partition coefficient (Wildman–Crippen LogP) is 3.43. The van der Waals surface area contributed by atoms with Gasteiger partial charge in [-0.2, -0.15) is 0 Å². The van der Waals surface area contributed by atoms with Crippen LogP contribution in [0.2, 0.25) is 0 Å². The molecule has 1 rings (SSSR count). The smallest absolute Gasteiger partial charge is 0.159 e. The zero-order chi connectivity index (χ0) is 13.1. The lowest BCUT2D eigenvalue weighted by atomic mass is 10.1. The fourth-order valence-electron chi connectivity index (χ4n) is 1.51. The molecule has 1 N–H and O–H groups in total. The summed E-state index contributed by atoms with van der Waals surface area (Å²) in [5, 5.41) is 4.57. The molecule has 0 heterocycles. The van der Waals surface area contributed by atoms with Crippen molar-refractivity contribution in [2.45, 2.75) is 46.3 Å². The van der Waals surface area contributed by atoms with Gasteiger partial charge in [0, 0.05) is 10.8 Å². The van der Waals surface area contributed by atoms with E-state index in [4.69, 9.17) is 16.3 Å². The van der Waals surface area contributed by atoms with Gasteiger partial charge >= 0.3 is 0 Å². The van der Waals surface area contributed by atoms with Crippen LogP contribution in [0.25, 0.3) is 0 Å². The molecular formula is C13H22NOPS. The average molecular weight is 271 g/mol. The van der Waals surface area contributed by atoms with Gasteiger partial charge in [-0.3, -0.25) is 5.09 Å². The molecule has 0 amide bonds. The van der Waals surface area contributed by atoms with Crippen LogP contribution in [0.5, 0.6) is 0 Å². The molecule has 0 aliphatic carbocycles. The SMILES string of the molecule is CC(C)OP(=S)(NC(C)(C)C)c1ccccc1. The standard InChI is InChI=1S/C13H22NOPS/c1-11(2)15-16(17,14-13(3,4)5)12-9-7-6-8-10-12/h6-11H,1-5H3,(H,14,17). The van der Waals surface area contributed by atoms with Gasteiger partial charge in [0.2, 0.25) is 0 Å². The fraction of sp³-hybridized carbons (Fsp3) is 0.538. The van der Waals surface area contributed by atoms with Crippen LogP contribution in [0, 0.1) is 0 Å². The minimum atomic E-state index is -2.17. The summed E-state index contributed by atoms with van der Waals surface area (Å²) in [4.78, 5) is 0. The highest BCUT2D eigenvalue weighted by Crippen LogP contribution is 2.44. The van der Waals surface area contributed by atoms with Crippen molar-refractivity contribution >= 4 is 23.5 Å². The minimum absolute atomic E-state index is 0.0553. The van der Waals surface area contributed by atoms with Crippen molar-refractivity contribution in [2.75, 3.05) is 0 Å². The largest absolute Gasteiger partial charge is 0.332 e. The molecule has 0 saturated heterocycles. The first-order valence-corrected chi connectivity index (χ1v) is 8.58. The summed E-state index contributed by atoms with van der Waals surface area (Å²) in [5.41, 5.74) is -0.0553. The Morgan fingerprint density at radius 3 is 2.12 bits per heavy atom. The Hall–Kier alpha value is -0.210. The van der Waals surface area contributed by atoms with Crippen LogP contribution in [0.4, 0.5) is 0 Å². The van der Waals surface area contributed by atoms with Crippen molar-refractivity contribution in [3.05, 3.63) is 30.3 Å². The van der Waals surface area contributed by atoms with E-state index in [1.165, 1.54) is 0 Å². The van der Waals surface area contributed by atoms with Gasteiger partial charge in [0.25, 0.3) is 0 Å². The monoisotopic (exact) mass is 271 g/mol. The third-order valence-corrected chi connectivity index (χ3v) is 5.76. The lowest BCUT2D eigenvalue weighted by Gasteiger charge is -2.33. The van der Waals surface area contributed by atoms with Gasteiger partial charge in [-0.1, -0.05) is 30.3 Å². The molecule has 1 aromatic carbocycles. The Labute approximate surface area is 110 Å². The predicted molar refractivity (Wildman–Crippen MR) is 79.5 cm³/mol. The van der Waals surface area contributed by atoms with Crippen molar-refractivity contribution in [2.24, 2.45) is 0 Å². The number of rotatable bonds is 4. The maximum Gasteiger partial charge on any atom is 0.159 e. The lowest BCUT2D eigenvalue weighted by Crippen LogP contribution is -2.37. The Morgan fingerprint density at radius 2 is 1.71 bits per heavy atom. The van der Waals surface area contributed by atoms with Crippen molar-refractivity contribution < 1.29 is 4.52 Å². The van der Waals surface area contributed by atoms with E-state index < -0.39 is 6.42 Å². The second kappa shape index (κ2) is 5.62. The highest BCUT2D eigenvalue weighted by Gasteiger charge is 2.27. The van der Waals surface area contributed by atoms with Crippen molar-refractivity contribution in [3.8, 4) is 0 Å². The molecule has 1 aromatic rings. The molecule has 0 radical (unpaired) electrons. The highest BCUT2D eigenvalue weighted by molar-refractivity contribution is 8.14. The Kier molecular flexibility index (Phi) is 4.91. The van der Waals surface area contributed by atoms with E-state index in [9.17, 15) is 0 Å². The third kappa shape index (κ3) is 4.89. The molecule has 17 heavy (non-hydrogen) atoms. The van der Waals surface area contributed by atoms with E-state index >= 15 is 0 Å². The van der Waals surface area contributed by atoms with Gasteiger partial charge in [0.1, 0.15) is 0 Å². The van der Waals surface area contributed by atoms with Crippen LogP contribution in [0.1, 0.15) is 34.6 Å². The molecule has 0 fully saturated rings. The molecule has 96 valence electrons. The summed E-state index contributed by atoms with van der Waals surface area (Å²) in [7, 11) is 0. The molecule has 0 aliphatic heterocycles. The van der Waals surface area contributed by atoms with E-state index in [2.05, 4.69) is 25.9 Å². The molecule has 0 aliphatic rings. The number of hydrogen-bond donors (Lipinski definition) is 1. The average Bonchev–Trinajstić information content (AvgIpc) is 2.14. The van der Waals surface area contributed by atoms with Gasteiger partial charge in [0.05, 0.1) is 6.10 Å². The molecule has 0 bridgehead atoms. The minimum Gasteiger partial charge on any atom is -0.332 e.